The number of nitrogens with zero attached hydrogens (tertiary/aromatic N) is 2. The van der Waals surface area contributed by atoms with Crippen LogP contribution in [0.15, 0.2) is 0 Å². The Bertz CT molecular complexity index is 282. The Kier molecular flexibility index (Phi) is 5.88. The van der Waals surface area contributed by atoms with Crippen LogP contribution in [0.4, 0.5) is 0 Å². The summed E-state index contributed by atoms with van der Waals surface area (Å²) < 4.78 is 0. The van der Waals surface area contributed by atoms with Gasteiger partial charge in [0.05, 0.1) is 0 Å². The zero-order valence-corrected chi connectivity index (χ0v) is 13.9. The molecule has 1 atom stereocenters. The molecular weight excluding hydrogens is 246 g/mol. The second kappa shape index (κ2) is 7.24. The summed E-state index contributed by atoms with van der Waals surface area (Å²) in [6, 6.07) is 0.720. The molecule has 3 heteroatoms. The smallest absolute Gasteiger partial charge is 0.0358 e. The predicted molar refractivity (Wildman–Crippen MR) is 86.9 cm³/mol. The summed E-state index contributed by atoms with van der Waals surface area (Å²) in [4.78, 5) is 5.42. The van der Waals surface area contributed by atoms with Crippen molar-refractivity contribution in [2.24, 2.45) is 11.7 Å². The molecule has 2 N–H and O–H groups in total. The third-order valence-corrected chi connectivity index (χ3v) is 5.45. The fourth-order valence-corrected chi connectivity index (χ4v) is 4.26. The van der Waals surface area contributed by atoms with Gasteiger partial charge in [-0.1, -0.05) is 26.7 Å². The Morgan fingerprint density at radius 2 is 1.80 bits per heavy atom. The van der Waals surface area contributed by atoms with E-state index in [0.29, 0.717) is 0 Å². The van der Waals surface area contributed by atoms with E-state index in [-0.39, 0.29) is 5.54 Å². The first kappa shape index (κ1) is 16.3. The number of nitrogens with two attached hydrogens (primary N) is 1. The molecule has 0 aliphatic carbocycles. The summed E-state index contributed by atoms with van der Waals surface area (Å²) in [5.74, 6) is 0.775. The van der Waals surface area contributed by atoms with Crippen molar-refractivity contribution in [3.8, 4) is 0 Å². The zero-order valence-electron chi connectivity index (χ0n) is 13.9. The topological polar surface area (TPSA) is 32.5 Å². The van der Waals surface area contributed by atoms with Crippen molar-refractivity contribution in [3.05, 3.63) is 0 Å². The highest BCUT2D eigenvalue weighted by atomic mass is 15.3. The molecular formula is C17H35N3. The number of piperidine rings is 1. The van der Waals surface area contributed by atoms with E-state index in [0.717, 1.165) is 18.5 Å². The van der Waals surface area contributed by atoms with Gasteiger partial charge < -0.3 is 10.6 Å². The second-order valence-electron chi connectivity index (χ2n) is 7.51. The van der Waals surface area contributed by atoms with Gasteiger partial charge >= 0.3 is 0 Å². The van der Waals surface area contributed by atoms with Gasteiger partial charge in [-0.15, -0.1) is 0 Å². The van der Waals surface area contributed by atoms with Crippen molar-refractivity contribution in [1.82, 2.24) is 9.80 Å². The van der Waals surface area contributed by atoms with E-state index in [1.807, 2.05) is 0 Å². The standard InChI is InChI=1S/C17H35N3/c1-15(2)13-19-11-8-17(14-18,9-12-19)20-10-6-4-5-7-16(20)3/h15-16H,4-14,18H2,1-3H3. The fourth-order valence-electron chi connectivity index (χ4n) is 4.26. The molecule has 20 heavy (non-hydrogen) atoms. The molecule has 0 aromatic heterocycles. The van der Waals surface area contributed by atoms with Gasteiger partial charge in [0.25, 0.3) is 0 Å². The molecule has 2 fully saturated rings. The number of likely N-dealkylation sites (tertiary alicyclic amines) is 2. The lowest BCUT2D eigenvalue weighted by Gasteiger charge is -2.50. The minimum Gasteiger partial charge on any atom is -0.329 e. The molecule has 0 aromatic carbocycles. The molecule has 2 rings (SSSR count). The predicted octanol–water partition coefficient (Wildman–Crippen LogP) is 2.70. The van der Waals surface area contributed by atoms with E-state index < -0.39 is 0 Å². The van der Waals surface area contributed by atoms with Crippen LogP contribution in [0.1, 0.15) is 59.3 Å². The monoisotopic (exact) mass is 281 g/mol. The number of rotatable bonds is 4. The lowest BCUT2D eigenvalue weighted by Crippen LogP contribution is -2.61. The average Bonchev–Trinajstić information content (AvgIpc) is 2.65. The Morgan fingerprint density at radius 1 is 1.10 bits per heavy atom. The number of hydrogen-bond acceptors (Lipinski definition) is 3. The molecule has 2 saturated heterocycles. The van der Waals surface area contributed by atoms with Gasteiger partial charge in [-0.25, -0.2) is 0 Å². The summed E-state index contributed by atoms with van der Waals surface area (Å²) in [5, 5.41) is 0. The molecule has 0 amide bonds. The lowest BCUT2D eigenvalue weighted by molar-refractivity contribution is 0.000735. The van der Waals surface area contributed by atoms with Gasteiger partial charge in [0, 0.05) is 24.7 Å². The maximum absolute atomic E-state index is 6.27. The first-order valence-electron chi connectivity index (χ1n) is 8.76. The molecule has 3 nitrogen and oxygen atoms in total. The van der Waals surface area contributed by atoms with Gasteiger partial charge in [-0.3, -0.25) is 4.90 Å². The minimum absolute atomic E-state index is 0.289. The largest absolute Gasteiger partial charge is 0.329 e. The molecule has 0 bridgehead atoms. The molecule has 2 aliphatic heterocycles. The van der Waals surface area contributed by atoms with Gasteiger partial charge in [0.1, 0.15) is 0 Å². The van der Waals surface area contributed by atoms with Crippen LogP contribution >= 0.6 is 0 Å². The van der Waals surface area contributed by atoms with Crippen molar-refractivity contribution in [1.29, 1.82) is 0 Å². The molecule has 0 radical (unpaired) electrons. The van der Waals surface area contributed by atoms with E-state index in [4.69, 9.17) is 5.73 Å². The summed E-state index contributed by atoms with van der Waals surface area (Å²) in [7, 11) is 0. The van der Waals surface area contributed by atoms with Crippen molar-refractivity contribution in [2.45, 2.75) is 70.9 Å². The molecule has 2 heterocycles. The van der Waals surface area contributed by atoms with Crippen molar-refractivity contribution >= 4 is 0 Å². The van der Waals surface area contributed by atoms with Crippen LogP contribution < -0.4 is 5.73 Å². The quantitative estimate of drug-likeness (QED) is 0.860. The normalized spacial score (nSPS) is 29.6. The summed E-state index contributed by atoms with van der Waals surface area (Å²) in [6.07, 6.45) is 8.05. The molecule has 1 unspecified atom stereocenters. The third kappa shape index (κ3) is 3.75. The van der Waals surface area contributed by atoms with Gasteiger partial charge in [0.2, 0.25) is 0 Å². The van der Waals surface area contributed by atoms with Crippen LogP contribution in [0.3, 0.4) is 0 Å². The van der Waals surface area contributed by atoms with Crippen LogP contribution in [-0.2, 0) is 0 Å². The zero-order chi connectivity index (χ0) is 14.6. The lowest BCUT2D eigenvalue weighted by atomic mass is 9.84. The Labute approximate surface area is 125 Å². The fraction of sp³-hybridized carbons (Fsp3) is 1.00. The summed E-state index contributed by atoms with van der Waals surface area (Å²) >= 11 is 0. The molecule has 0 saturated carbocycles. The highest BCUT2D eigenvalue weighted by Gasteiger charge is 2.40. The van der Waals surface area contributed by atoms with E-state index in [1.165, 1.54) is 64.7 Å². The Hall–Kier alpha value is -0.120. The van der Waals surface area contributed by atoms with E-state index in [9.17, 15) is 0 Å². The highest BCUT2D eigenvalue weighted by molar-refractivity contribution is 4.98. The maximum Gasteiger partial charge on any atom is 0.0358 e. The van der Waals surface area contributed by atoms with Crippen LogP contribution in [0.25, 0.3) is 0 Å². The van der Waals surface area contributed by atoms with Crippen LogP contribution in [-0.4, -0.2) is 54.1 Å². The van der Waals surface area contributed by atoms with Crippen molar-refractivity contribution < 1.29 is 0 Å². The highest BCUT2D eigenvalue weighted by Crippen LogP contribution is 2.33. The van der Waals surface area contributed by atoms with Crippen LogP contribution in [0, 0.1) is 5.92 Å². The van der Waals surface area contributed by atoms with Gasteiger partial charge in [-0.05, 0) is 58.2 Å². The van der Waals surface area contributed by atoms with Gasteiger partial charge in [0.15, 0.2) is 0 Å². The Balaban J connectivity index is 1.99. The van der Waals surface area contributed by atoms with Crippen molar-refractivity contribution in [3.63, 3.8) is 0 Å². The first-order chi connectivity index (χ1) is 9.57. The van der Waals surface area contributed by atoms with Crippen LogP contribution in [0.5, 0.6) is 0 Å². The molecule has 118 valence electrons. The summed E-state index contributed by atoms with van der Waals surface area (Å²) in [5.41, 5.74) is 6.56. The average molecular weight is 281 g/mol. The van der Waals surface area contributed by atoms with E-state index in [1.54, 1.807) is 0 Å². The summed E-state index contributed by atoms with van der Waals surface area (Å²) in [6.45, 7) is 12.9. The molecule has 0 spiro atoms. The minimum atomic E-state index is 0.289. The van der Waals surface area contributed by atoms with Gasteiger partial charge in [-0.2, -0.15) is 0 Å². The second-order valence-corrected chi connectivity index (χ2v) is 7.51. The third-order valence-electron chi connectivity index (χ3n) is 5.45. The molecule has 0 aromatic rings. The van der Waals surface area contributed by atoms with E-state index >= 15 is 0 Å². The SMILES string of the molecule is CC(C)CN1CCC(CN)(N2CCCCCC2C)CC1. The maximum atomic E-state index is 6.27. The van der Waals surface area contributed by atoms with Crippen molar-refractivity contribution in [2.75, 3.05) is 32.7 Å². The Morgan fingerprint density at radius 3 is 2.40 bits per heavy atom. The molecule has 2 aliphatic rings. The van der Waals surface area contributed by atoms with Crippen LogP contribution in [0.2, 0.25) is 0 Å². The van der Waals surface area contributed by atoms with E-state index in [2.05, 4.69) is 30.6 Å². The first-order valence-corrected chi connectivity index (χ1v) is 8.76. The number of hydrogen-bond donors (Lipinski definition) is 1.